The predicted octanol–water partition coefficient (Wildman–Crippen LogP) is 2.02. The number of halogens is 1. The quantitative estimate of drug-likeness (QED) is 0.888. The zero-order valence-electron chi connectivity index (χ0n) is 12.6. The number of rotatable bonds is 5. The van der Waals surface area contributed by atoms with Crippen LogP contribution in [0.25, 0.3) is 0 Å². The van der Waals surface area contributed by atoms with Gasteiger partial charge in [0.1, 0.15) is 5.82 Å². The number of sulfonamides is 1. The van der Waals surface area contributed by atoms with Crippen molar-refractivity contribution in [1.82, 2.24) is 4.72 Å². The summed E-state index contributed by atoms with van der Waals surface area (Å²) in [5, 5.41) is 0. The van der Waals surface area contributed by atoms with Crippen molar-refractivity contribution in [2.24, 2.45) is 0 Å². The number of benzene rings is 2. The van der Waals surface area contributed by atoms with Gasteiger partial charge in [-0.15, -0.1) is 0 Å². The van der Waals surface area contributed by atoms with Gasteiger partial charge in [-0.05, 0) is 48.4 Å². The third kappa shape index (κ3) is 4.37. The molecular formula is C15H16FNO4S2. The summed E-state index contributed by atoms with van der Waals surface area (Å²) in [7, 11) is -7.20. The average Bonchev–Trinajstić information content (AvgIpc) is 2.48. The lowest BCUT2D eigenvalue weighted by atomic mass is 10.1. The van der Waals surface area contributed by atoms with Crippen LogP contribution in [0.15, 0.2) is 52.3 Å². The van der Waals surface area contributed by atoms with Crippen LogP contribution in [0.1, 0.15) is 11.1 Å². The summed E-state index contributed by atoms with van der Waals surface area (Å²) in [6.07, 6.45) is 1.04. The van der Waals surface area contributed by atoms with Gasteiger partial charge in [-0.25, -0.2) is 25.9 Å². The first-order chi connectivity index (χ1) is 10.6. The Kier molecular flexibility index (Phi) is 4.88. The number of nitrogens with one attached hydrogen (secondary N) is 1. The Bertz CT molecular complexity index is 920. The minimum Gasteiger partial charge on any atom is -0.224 e. The predicted molar refractivity (Wildman–Crippen MR) is 84.7 cm³/mol. The lowest BCUT2D eigenvalue weighted by molar-refractivity contribution is 0.579. The normalized spacial score (nSPS) is 12.3. The minimum atomic E-state index is -3.81. The molecule has 8 heteroatoms. The molecule has 0 saturated heterocycles. The Morgan fingerprint density at radius 1 is 0.957 bits per heavy atom. The van der Waals surface area contributed by atoms with Crippen LogP contribution >= 0.6 is 0 Å². The van der Waals surface area contributed by atoms with E-state index in [1.807, 2.05) is 0 Å². The highest BCUT2D eigenvalue weighted by Gasteiger charge is 2.15. The van der Waals surface area contributed by atoms with Gasteiger partial charge in [-0.2, -0.15) is 0 Å². The van der Waals surface area contributed by atoms with E-state index in [-0.39, 0.29) is 16.3 Å². The zero-order valence-corrected chi connectivity index (χ0v) is 14.2. The fraction of sp³-hybridized carbons (Fsp3) is 0.200. The van der Waals surface area contributed by atoms with Crippen LogP contribution in [-0.2, 0) is 26.4 Å². The Hall–Kier alpha value is -1.77. The van der Waals surface area contributed by atoms with Gasteiger partial charge < -0.3 is 0 Å². The van der Waals surface area contributed by atoms with Crippen LogP contribution in [0.2, 0.25) is 0 Å². The molecule has 0 fully saturated rings. The van der Waals surface area contributed by atoms with Crippen LogP contribution in [0.5, 0.6) is 0 Å². The molecule has 0 spiro atoms. The number of aryl methyl sites for hydroxylation is 1. The van der Waals surface area contributed by atoms with E-state index in [0.29, 0.717) is 11.1 Å². The van der Waals surface area contributed by atoms with E-state index < -0.39 is 25.7 Å². The highest BCUT2D eigenvalue weighted by atomic mass is 32.2. The molecule has 2 aromatic rings. The lowest BCUT2D eigenvalue weighted by Crippen LogP contribution is -2.23. The topological polar surface area (TPSA) is 80.3 Å². The van der Waals surface area contributed by atoms with Crippen molar-refractivity contribution in [3.63, 3.8) is 0 Å². The van der Waals surface area contributed by atoms with E-state index in [1.165, 1.54) is 30.3 Å². The summed E-state index contributed by atoms with van der Waals surface area (Å²) in [4.78, 5) is -0.0189. The highest BCUT2D eigenvalue weighted by molar-refractivity contribution is 7.90. The molecule has 2 aromatic carbocycles. The van der Waals surface area contributed by atoms with Crippen molar-refractivity contribution in [1.29, 1.82) is 0 Å². The summed E-state index contributed by atoms with van der Waals surface area (Å²) in [6, 6.07) is 9.37. The summed E-state index contributed by atoms with van der Waals surface area (Å²) >= 11 is 0. The highest BCUT2D eigenvalue weighted by Crippen LogP contribution is 2.15. The fourth-order valence-corrected chi connectivity index (χ4v) is 3.52. The van der Waals surface area contributed by atoms with E-state index in [0.717, 1.165) is 6.26 Å². The van der Waals surface area contributed by atoms with Gasteiger partial charge in [0.25, 0.3) is 0 Å². The number of sulfone groups is 1. The third-order valence-electron chi connectivity index (χ3n) is 3.26. The van der Waals surface area contributed by atoms with Crippen molar-refractivity contribution in [2.45, 2.75) is 23.3 Å². The van der Waals surface area contributed by atoms with E-state index in [1.54, 1.807) is 19.1 Å². The van der Waals surface area contributed by atoms with Crippen LogP contribution in [0, 0.1) is 12.7 Å². The third-order valence-corrected chi connectivity index (χ3v) is 5.81. The maximum absolute atomic E-state index is 13.4. The Labute approximate surface area is 135 Å². The smallest absolute Gasteiger partial charge is 0.224 e. The SMILES string of the molecule is Cc1ccc(CNS(=O)(=O)c2ccc(S(C)(=O)=O)cc2)cc1F. The molecule has 0 bridgehead atoms. The van der Waals surface area contributed by atoms with Crippen molar-refractivity contribution in [3.05, 3.63) is 59.4 Å². The molecule has 23 heavy (non-hydrogen) atoms. The molecule has 0 saturated carbocycles. The first kappa shape index (κ1) is 17.6. The first-order valence-corrected chi connectivity index (χ1v) is 10.0. The molecule has 2 rings (SSSR count). The second-order valence-corrected chi connectivity index (χ2v) is 8.93. The summed E-state index contributed by atoms with van der Waals surface area (Å²) in [5.74, 6) is -0.404. The van der Waals surface area contributed by atoms with E-state index in [2.05, 4.69) is 4.72 Å². The summed E-state index contributed by atoms with van der Waals surface area (Å²) < 4.78 is 62.9. The molecule has 0 aromatic heterocycles. The maximum Gasteiger partial charge on any atom is 0.240 e. The molecule has 0 aliphatic heterocycles. The van der Waals surface area contributed by atoms with Gasteiger partial charge >= 0.3 is 0 Å². The molecule has 0 atom stereocenters. The van der Waals surface area contributed by atoms with E-state index in [4.69, 9.17) is 0 Å². The average molecular weight is 357 g/mol. The maximum atomic E-state index is 13.4. The monoisotopic (exact) mass is 357 g/mol. The van der Waals surface area contributed by atoms with E-state index in [9.17, 15) is 21.2 Å². The summed E-state index contributed by atoms with van der Waals surface area (Å²) in [6.45, 7) is 1.56. The summed E-state index contributed by atoms with van der Waals surface area (Å²) in [5.41, 5.74) is 0.970. The molecule has 0 aliphatic rings. The van der Waals surface area contributed by atoms with Gasteiger partial charge in [0.2, 0.25) is 10.0 Å². The van der Waals surface area contributed by atoms with Crippen LogP contribution in [0.4, 0.5) is 4.39 Å². The molecule has 0 unspecified atom stereocenters. The van der Waals surface area contributed by atoms with Crippen LogP contribution < -0.4 is 4.72 Å². The van der Waals surface area contributed by atoms with Gasteiger partial charge in [0.15, 0.2) is 9.84 Å². The molecule has 0 radical (unpaired) electrons. The largest absolute Gasteiger partial charge is 0.240 e. The molecule has 124 valence electrons. The van der Waals surface area contributed by atoms with Crippen molar-refractivity contribution < 1.29 is 21.2 Å². The van der Waals surface area contributed by atoms with Gasteiger partial charge in [0, 0.05) is 12.8 Å². The Balaban J connectivity index is 2.17. The van der Waals surface area contributed by atoms with Gasteiger partial charge in [-0.1, -0.05) is 12.1 Å². The van der Waals surface area contributed by atoms with E-state index >= 15 is 0 Å². The Morgan fingerprint density at radius 2 is 1.52 bits per heavy atom. The molecule has 0 heterocycles. The molecule has 1 N–H and O–H groups in total. The van der Waals surface area contributed by atoms with Crippen LogP contribution in [-0.4, -0.2) is 23.1 Å². The lowest BCUT2D eigenvalue weighted by Gasteiger charge is -2.08. The van der Waals surface area contributed by atoms with Gasteiger partial charge in [-0.3, -0.25) is 0 Å². The number of hydrogen-bond acceptors (Lipinski definition) is 4. The molecule has 5 nitrogen and oxygen atoms in total. The van der Waals surface area contributed by atoms with Crippen molar-refractivity contribution in [2.75, 3.05) is 6.26 Å². The molecule has 0 amide bonds. The Morgan fingerprint density at radius 3 is 2.04 bits per heavy atom. The van der Waals surface area contributed by atoms with Crippen LogP contribution in [0.3, 0.4) is 0 Å². The second kappa shape index (κ2) is 6.38. The molecule has 0 aliphatic carbocycles. The van der Waals surface area contributed by atoms with Crippen molar-refractivity contribution >= 4 is 19.9 Å². The zero-order chi connectivity index (χ0) is 17.3. The fourth-order valence-electron chi connectivity index (χ4n) is 1.87. The standard InChI is InChI=1S/C15H16FNO4S2/c1-11-3-4-12(9-15(11)16)10-17-23(20,21)14-7-5-13(6-8-14)22(2,18)19/h3-9,17H,10H2,1-2H3. The molecular weight excluding hydrogens is 341 g/mol. The minimum absolute atomic E-state index is 0.0389. The first-order valence-electron chi connectivity index (χ1n) is 6.64. The second-order valence-electron chi connectivity index (χ2n) is 5.15. The number of hydrogen-bond donors (Lipinski definition) is 1. The van der Waals surface area contributed by atoms with Gasteiger partial charge in [0.05, 0.1) is 9.79 Å². The van der Waals surface area contributed by atoms with Crippen molar-refractivity contribution in [3.8, 4) is 0 Å².